The van der Waals surface area contributed by atoms with Gasteiger partial charge in [-0.05, 0) is 80.4 Å². The maximum absolute atomic E-state index is 12.9. The molecule has 0 unspecified atom stereocenters. The molecule has 6 rings (SSSR count). The van der Waals surface area contributed by atoms with Crippen LogP contribution in [-0.4, -0.2) is 55.2 Å². The van der Waals surface area contributed by atoms with Crippen molar-refractivity contribution in [1.82, 2.24) is 9.80 Å². The monoisotopic (exact) mass is 472 g/mol. The molecule has 6 heteroatoms. The van der Waals surface area contributed by atoms with Crippen molar-refractivity contribution >= 4 is 23.0 Å². The van der Waals surface area contributed by atoms with Crippen molar-refractivity contribution in [3.63, 3.8) is 0 Å². The van der Waals surface area contributed by atoms with E-state index in [1.54, 1.807) is 6.08 Å². The first-order valence-corrected chi connectivity index (χ1v) is 12.8. The van der Waals surface area contributed by atoms with Crippen LogP contribution in [0.15, 0.2) is 59.2 Å². The molecule has 182 valence electrons. The normalized spacial score (nSPS) is 21.3. The van der Waals surface area contributed by atoms with Crippen molar-refractivity contribution in [2.75, 3.05) is 39.5 Å². The highest BCUT2D eigenvalue weighted by Crippen LogP contribution is 2.35. The molecule has 2 saturated heterocycles. The molecule has 0 saturated carbocycles. The molecule has 1 amide bonds. The Labute approximate surface area is 206 Å². The van der Waals surface area contributed by atoms with Crippen molar-refractivity contribution in [2.45, 2.75) is 31.6 Å². The minimum absolute atomic E-state index is 0.0953. The lowest BCUT2D eigenvalue weighted by molar-refractivity contribution is -0.127. The molecule has 0 radical (unpaired) electrons. The van der Waals surface area contributed by atoms with Gasteiger partial charge in [-0.1, -0.05) is 24.3 Å². The number of carbonyl (C=O) groups is 1. The number of amides is 1. The Kier molecular flexibility index (Phi) is 6.21. The van der Waals surface area contributed by atoms with Crippen LogP contribution in [-0.2, 0) is 4.79 Å². The highest BCUT2D eigenvalue weighted by atomic mass is 16.7. The molecule has 3 aliphatic rings. The number of benzene rings is 2. The van der Waals surface area contributed by atoms with E-state index in [-0.39, 0.29) is 12.7 Å². The maximum Gasteiger partial charge on any atom is 0.246 e. The number of ether oxygens (including phenoxy) is 2. The Morgan fingerprint density at radius 1 is 1.00 bits per heavy atom. The molecule has 0 bridgehead atoms. The third-order valence-corrected chi connectivity index (χ3v) is 7.70. The van der Waals surface area contributed by atoms with E-state index in [0.717, 1.165) is 74.6 Å². The summed E-state index contributed by atoms with van der Waals surface area (Å²) in [4.78, 5) is 17.5. The summed E-state index contributed by atoms with van der Waals surface area (Å²) in [5.41, 5.74) is 3.30. The summed E-state index contributed by atoms with van der Waals surface area (Å²) < 4.78 is 16.6. The van der Waals surface area contributed by atoms with Gasteiger partial charge in [0.1, 0.15) is 5.58 Å². The van der Waals surface area contributed by atoms with Gasteiger partial charge in [0.25, 0.3) is 0 Å². The fourth-order valence-electron chi connectivity index (χ4n) is 5.81. The molecule has 0 N–H and O–H groups in total. The van der Waals surface area contributed by atoms with Gasteiger partial charge >= 0.3 is 0 Å². The van der Waals surface area contributed by atoms with Crippen LogP contribution in [0.1, 0.15) is 42.7 Å². The summed E-state index contributed by atoms with van der Waals surface area (Å²) in [5, 5.41) is 1.26. The number of para-hydroxylation sites is 1. The first-order chi connectivity index (χ1) is 17.2. The van der Waals surface area contributed by atoms with Crippen molar-refractivity contribution in [2.24, 2.45) is 5.92 Å². The van der Waals surface area contributed by atoms with E-state index in [9.17, 15) is 4.79 Å². The lowest BCUT2D eigenvalue weighted by Crippen LogP contribution is -2.44. The number of hydrogen-bond donors (Lipinski definition) is 0. The zero-order chi connectivity index (χ0) is 23.6. The molecule has 6 nitrogen and oxygen atoms in total. The summed E-state index contributed by atoms with van der Waals surface area (Å²) >= 11 is 0. The molecular weight excluding hydrogens is 440 g/mol. The largest absolute Gasteiger partial charge is 0.464 e. The summed E-state index contributed by atoms with van der Waals surface area (Å²) in [6, 6.07) is 14.1. The summed E-state index contributed by atoms with van der Waals surface area (Å²) in [7, 11) is 0. The third-order valence-electron chi connectivity index (χ3n) is 7.70. The molecule has 1 atom stereocenters. The Balaban J connectivity index is 1.01. The zero-order valence-electron chi connectivity index (χ0n) is 20.0. The van der Waals surface area contributed by atoms with E-state index in [0.29, 0.717) is 11.8 Å². The lowest BCUT2D eigenvalue weighted by Gasteiger charge is -2.38. The molecule has 2 aromatic carbocycles. The van der Waals surface area contributed by atoms with Crippen molar-refractivity contribution < 1.29 is 18.7 Å². The topological polar surface area (TPSA) is 55.2 Å². The van der Waals surface area contributed by atoms with Gasteiger partial charge in [-0.2, -0.15) is 0 Å². The van der Waals surface area contributed by atoms with Crippen LogP contribution in [0.3, 0.4) is 0 Å². The highest BCUT2D eigenvalue weighted by molar-refractivity contribution is 5.92. The number of carbonyl (C=O) groups excluding carboxylic acids is 1. The quantitative estimate of drug-likeness (QED) is 0.472. The Hall–Kier alpha value is -3.25. The van der Waals surface area contributed by atoms with Gasteiger partial charge < -0.3 is 23.7 Å². The maximum atomic E-state index is 12.9. The molecule has 1 aromatic heterocycles. The number of fused-ring (bicyclic) bond motifs is 2. The van der Waals surface area contributed by atoms with Crippen LogP contribution in [0, 0.1) is 5.92 Å². The molecule has 0 spiro atoms. The van der Waals surface area contributed by atoms with E-state index < -0.39 is 0 Å². The van der Waals surface area contributed by atoms with Gasteiger partial charge in [-0.25, -0.2) is 0 Å². The molecule has 4 heterocycles. The minimum atomic E-state index is 0.0953. The smallest absolute Gasteiger partial charge is 0.246 e. The predicted octanol–water partition coefficient (Wildman–Crippen LogP) is 5.29. The average molecular weight is 473 g/mol. The van der Waals surface area contributed by atoms with Crippen LogP contribution in [0.2, 0.25) is 0 Å². The third kappa shape index (κ3) is 4.80. The first-order valence-electron chi connectivity index (χ1n) is 12.8. The van der Waals surface area contributed by atoms with Crippen molar-refractivity contribution in [3.05, 3.63) is 65.9 Å². The highest BCUT2D eigenvalue weighted by Gasteiger charge is 2.28. The summed E-state index contributed by atoms with van der Waals surface area (Å²) in [5.74, 6) is 2.70. The van der Waals surface area contributed by atoms with E-state index >= 15 is 0 Å². The van der Waals surface area contributed by atoms with Crippen LogP contribution in [0.25, 0.3) is 17.0 Å². The SMILES string of the molecule is O=C(/C=C/c1ccc2c(c1)OCO2)N1CCC[C@H](CN2CCC(c3coc4ccccc34)CC2)C1. The van der Waals surface area contributed by atoms with Crippen LogP contribution in [0.5, 0.6) is 11.5 Å². The number of rotatable bonds is 5. The number of nitrogens with zero attached hydrogens (tertiary/aromatic N) is 2. The van der Waals surface area contributed by atoms with E-state index in [1.807, 2.05) is 47.6 Å². The Morgan fingerprint density at radius 3 is 2.77 bits per heavy atom. The van der Waals surface area contributed by atoms with E-state index in [4.69, 9.17) is 13.9 Å². The second-order valence-electron chi connectivity index (χ2n) is 10.0. The van der Waals surface area contributed by atoms with Crippen molar-refractivity contribution in [1.29, 1.82) is 0 Å². The van der Waals surface area contributed by atoms with E-state index in [1.165, 1.54) is 17.4 Å². The van der Waals surface area contributed by atoms with Gasteiger partial charge in [0, 0.05) is 36.7 Å². The predicted molar refractivity (Wildman–Crippen MR) is 136 cm³/mol. The van der Waals surface area contributed by atoms with Crippen LogP contribution >= 0.6 is 0 Å². The fourth-order valence-corrected chi connectivity index (χ4v) is 5.81. The average Bonchev–Trinajstić information content (AvgIpc) is 3.55. The number of likely N-dealkylation sites (tertiary alicyclic amines) is 2. The molecule has 0 aliphatic carbocycles. The number of piperidine rings is 2. The fraction of sp³-hybridized carbons (Fsp3) is 0.414. The van der Waals surface area contributed by atoms with E-state index in [2.05, 4.69) is 17.0 Å². The van der Waals surface area contributed by atoms with Crippen LogP contribution < -0.4 is 9.47 Å². The second-order valence-corrected chi connectivity index (χ2v) is 10.0. The summed E-state index contributed by atoms with van der Waals surface area (Å²) in [6.45, 7) is 5.24. The lowest BCUT2D eigenvalue weighted by atomic mass is 9.88. The zero-order valence-corrected chi connectivity index (χ0v) is 20.0. The molecular formula is C29H32N2O4. The first kappa shape index (κ1) is 22.2. The van der Waals surface area contributed by atoms with Gasteiger partial charge in [-0.3, -0.25) is 4.79 Å². The van der Waals surface area contributed by atoms with Crippen molar-refractivity contribution in [3.8, 4) is 11.5 Å². The van der Waals surface area contributed by atoms with Gasteiger partial charge in [0.15, 0.2) is 11.5 Å². The standard InChI is InChI=1S/C29H32N2O4/c32-29(10-8-21-7-9-27-28(16-21)35-20-34-27)31-13-3-4-22(18-31)17-30-14-11-23(12-15-30)25-19-33-26-6-2-1-5-24(25)26/h1-2,5-10,16,19,22-23H,3-4,11-15,17-18,20H2/b10-8+/t22-/m1/s1. The minimum Gasteiger partial charge on any atom is -0.464 e. The van der Waals surface area contributed by atoms with Gasteiger partial charge in [0.2, 0.25) is 12.7 Å². The Morgan fingerprint density at radius 2 is 1.86 bits per heavy atom. The second kappa shape index (κ2) is 9.78. The van der Waals surface area contributed by atoms with Gasteiger partial charge in [-0.15, -0.1) is 0 Å². The summed E-state index contributed by atoms with van der Waals surface area (Å²) in [6.07, 6.45) is 10.1. The van der Waals surface area contributed by atoms with Gasteiger partial charge in [0.05, 0.1) is 6.26 Å². The molecule has 3 aliphatic heterocycles. The Bertz CT molecular complexity index is 1220. The number of hydrogen-bond acceptors (Lipinski definition) is 5. The molecule has 3 aromatic rings. The molecule has 35 heavy (non-hydrogen) atoms. The molecule has 2 fully saturated rings. The number of furan rings is 1. The van der Waals surface area contributed by atoms with Crippen LogP contribution in [0.4, 0.5) is 0 Å².